The van der Waals surface area contributed by atoms with Gasteiger partial charge in [-0.25, -0.2) is 9.97 Å². The molecule has 0 atom stereocenters. The van der Waals surface area contributed by atoms with Gasteiger partial charge in [0, 0.05) is 38.6 Å². The average molecular weight is 377 g/mol. The van der Waals surface area contributed by atoms with Crippen molar-refractivity contribution in [3.8, 4) is 0 Å². The van der Waals surface area contributed by atoms with Gasteiger partial charge in [-0.3, -0.25) is 5.41 Å². The lowest BCUT2D eigenvalue weighted by molar-refractivity contribution is 0.405. The van der Waals surface area contributed by atoms with E-state index in [1.165, 1.54) is 5.56 Å². The van der Waals surface area contributed by atoms with E-state index in [1.54, 1.807) is 12.5 Å². The summed E-state index contributed by atoms with van der Waals surface area (Å²) in [6, 6.07) is 16.3. The lowest BCUT2D eigenvalue weighted by Crippen LogP contribution is -2.42. The van der Waals surface area contributed by atoms with Crippen LogP contribution in [0.25, 0.3) is 0 Å². The van der Waals surface area contributed by atoms with Gasteiger partial charge in [0.15, 0.2) is 5.96 Å². The molecule has 0 aliphatic rings. The molecule has 0 bridgehead atoms. The number of benzene rings is 1. The van der Waals surface area contributed by atoms with Crippen LogP contribution < -0.4 is 10.6 Å². The number of nitrogens with two attached hydrogens (primary N) is 1. The molecule has 0 aliphatic carbocycles. The van der Waals surface area contributed by atoms with Crippen LogP contribution in [0.5, 0.6) is 0 Å². The first-order valence-corrected chi connectivity index (χ1v) is 9.49. The van der Waals surface area contributed by atoms with Crippen molar-refractivity contribution in [3.63, 3.8) is 0 Å². The number of imidazole rings is 1. The van der Waals surface area contributed by atoms with Gasteiger partial charge in [0.2, 0.25) is 0 Å². The maximum absolute atomic E-state index is 7.92. The molecule has 0 amide bonds. The zero-order valence-electron chi connectivity index (χ0n) is 16.0. The van der Waals surface area contributed by atoms with Crippen molar-refractivity contribution >= 4 is 11.8 Å². The number of hydrogen-bond donors (Lipinski definition) is 3. The molecule has 0 radical (unpaired) electrons. The summed E-state index contributed by atoms with van der Waals surface area (Å²) in [5.74, 6) is 1.02. The summed E-state index contributed by atoms with van der Waals surface area (Å²) < 4.78 is 0. The number of hydrogen-bond acceptors (Lipinski definition) is 4. The Morgan fingerprint density at radius 2 is 1.82 bits per heavy atom. The van der Waals surface area contributed by atoms with Crippen molar-refractivity contribution in [2.24, 2.45) is 5.73 Å². The Balaban J connectivity index is 1.60. The fourth-order valence-electron chi connectivity index (χ4n) is 3.09. The number of anilines is 1. The molecule has 0 saturated heterocycles. The normalized spacial score (nSPS) is 10.6. The van der Waals surface area contributed by atoms with Gasteiger partial charge in [-0.1, -0.05) is 36.4 Å². The van der Waals surface area contributed by atoms with Crippen molar-refractivity contribution in [2.75, 3.05) is 24.5 Å². The summed E-state index contributed by atoms with van der Waals surface area (Å²) in [7, 11) is 0. The molecule has 7 heteroatoms. The monoisotopic (exact) mass is 377 g/mol. The highest BCUT2D eigenvalue weighted by atomic mass is 15.3. The minimum Gasteiger partial charge on any atom is -0.370 e. The largest absolute Gasteiger partial charge is 0.370 e. The summed E-state index contributed by atoms with van der Waals surface area (Å²) >= 11 is 0. The van der Waals surface area contributed by atoms with E-state index < -0.39 is 0 Å². The standard InChI is InChI=1S/C21H27N7/c22-21(23)27(12-6-9-19-15-24-17-26-19)13-14-28(20-10-4-5-11-25-20)16-18-7-2-1-3-8-18/h1-5,7-8,10-11,15,17H,6,9,12-14,16H2,(H3,22,23)(H,24,26). The highest BCUT2D eigenvalue weighted by Gasteiger charge is 2.13. The maximum Gasteiger partial charge on any atom is 0.188 e. The Morgan fingerprint density at radius 1 is 1.00 bits per heavy atom. The van der Waals surface area contributed by atoms with Crippen LogP contribution in [0.2, 0.25) is 0 Å². The molecule has 0 unspecified atom stereocenters. The van der Waals surface area contributed by atoms with E-state index in [2.05, 4.69) is 32.0 Å². The quantitative estimate of drug-likeness (QED) is 0.373. The molecule has 7 nitrogen and oxygen atoms in total. The molecule has 4 N–H and O–H groups in total. The minimum absolute atomic E-state index is 0.0997. The van der Waals surface area contributed by atoms with E-state index in [-0.39, 0.29) is 5.96 Å². The molecular formula is C21H27N7. The fourth-order valence-corrected chi connectivity index (χ4v) is 3.09. The predicted molar refractivity (Wildman–Crippen MR) is 112 cm³/mol. The average Bonchev–Trinajstić information content (AvgIpc) is 3.24. The molecule has 0 saturated carbocycles. The molecule has 2 aromatic heterocycles. The van der Waals surface area contributed by atoms with E-state index >= 15 is 0 Å². The van der Waals surface area contributed by atoms with Crippen LogP contribution in [0.4, 0.5) is 5.82 Å². The number of aromatic nitrogens is 3. The van der Waals surface area contributed by atoms with Gasteiger partial charge in [-0.2, -0.15) is 0 Å². The lowest BCUT2D eigenvalue weighted by Gasteiger charge is -2.29. The van der Waals surface area contributed by atoms with Gasteiger partial charge < -0.3 is 20.5 Å². The first kappa shape index (κ1) is 19.4. The third-order valence-corrected chi connectivity index (χ3v) is 4.59. The number of H-pyrrole nitrogens is 1. The van der Waals surface area contributed by atoms with Gasteiger partial charge in [-0.05, 0) is 30.5 Å². The number of rotatable bonds is 10. The van der Waals surface area contributed by atoms with Crippen LogP contribution in [0, 0.1) is 5.41 Å². The Hall–Kier alpha value is -3.35. The van der Waals surface area contributed by atoms with Crippen molar-refractivity contribution in [2.45, 2.75) is 19.4 Å². The SMILES string of the molecule is N=C(N)N(CCCc1c[nH]cn1)CCN(Cc1ccccc1)c1ccccn1. The molecule has 146 valence electrons. The molecular weight excluding hydrogens is 350 g/mol. The van der Waals surface area contributed by atoms with E-state index in [0.29, 0.717) is 6.54 Å². The molecule has 3 aromatic rings. The molecule has 28 heavy (non-hydrogen) atoms. The number of nitrogens with zero attached hydrogens (tertiary/aromatic N) is 4. The van der Waals surface area contributed by atoms with Crippen LogP contribution in [0.1, 0.15) is 17.7 Å². The van der Waals surface area contributed by atoms with Gasteiger partial charge in [0.25, 0.3) is 0 Å². The zero-order valence-corrected chi connectivity index (χ0v) is 16.0. The Kier molecular flexibility index (Phi) is 7.01. The summed E-state index contributed by atoms with van der Waals surface area (Å²) in [4.78, 5) is 15.8. The Morgan fingerprint density at radius 3 is 2.50 bits per heavy atom. The molecule has 0 spiro atoms. The fraction of sp³-hybridized carbons (Fsp3) is 0.286. The number of aryl methyl sites for hydroxylation is 1. The van der Waals surface area contributed by atoms with Gasteiger partial charge in [0.1, 0.15) is 5.82 Å². The summed E-state index contributed by atoms with van der Waals surface area (Å²) in [5.41, 5.74) is 8.08. The summed E-state index contributed by atoms with van der Waals surface area (Å²) in [6.45, 7) is 2.88. The molecule has 3 rings (SSSR count). The number of guanidine groups is 1. The first-order valence-electron chi connectivity index (χ1n) is 9.49. The van der Waals surface area contributed by atoms with Gasteiger partial charge in [-0.15, -0.1) is 0 Å². The Bertz CT molecular complexity index is 818. The first-order chi connectivity index (χ1) is 13.7. The van der Waals surface area contributed by atoms with Crippen molar-refractivity contribution < 1.29 is 0 Å². The smallest absolute Gasteiger partial charge is 0.188 e. The van der Waals surface area contributed by atoms with Crippen LogP contribution in [0.3, 0.4) is 0 Å². The third-order valence-electron chi connectivity index (χ3n) is 4.59. The van der Waals surface area contributed by atoms with Gasteiger partial charge in [0.05, 0.1) is 12.0 Å². The van der Waals surface area contributed by atoms with Crippen LogP contribution in [0.15, 0.2) is 67.3 Å². The van der Waals surface area contributed by atoms with Gasteiger partial charge >= 0.3 is 0 Å². The van der Waals surface area contributed by atoms with Crippen molar-refractivity contribution in [3.05, 3.63) is 78.5 Å². The second kappa shape index (κ2) is 10.1. The molecule has 2 heterocycles. The van der Waals surface area contributed by atoms with Crippen molar-refractivity contribution in [1.29, 1.82) is 5.41 Å². The number of aromatic amines is 1. The van der Waals surface area contributed by atoms with E-state index in [0.717, 1.165) is 44.0 Å². The highest BCUT2D eigenvalue weighted by molar-refractivity contribution is 5.74. The van der Waals surface area contributed by atoms with Crippen molar-refractivity contribution in [1.82, 2.24) is 19.9 Å². The van der Waals surface area contributed by atoms with Crippen LogP contribution >= 0.6 is 0 Å². The van der Waals surface area contributed by atoms with E-state index in [1.807, 2.05) is 47.5 Å². The third kappa shape index (κ3) is 5.84. The highest BCUT2D eigenvalue weighted by Crippen LogP contribution is 2.14. The summed E-state index contributed by atoms with van der Waals surface area (Å²) in [6.07, 6.45) is 7.15. The summed E-state index contributed by atoms with van der Waals surface area (Å²) in [5, 5.41) is 7.92. The Labute approximate surface area is 165 Å². The van der Waals surface area contributed by atoms with E-state index in [9.17, 15) is 0 Å². The second-order valence-electron chi connectivity index (χ2n) is 6.63. The van der Waals surface area contributed by atoms with Crippen LogP contribution in [-0.4, -0.2) is 45.4 Å². The second-order valence-corrected chi connectivity index (χ2v) is 6.63. The number of pyridine rings is 1. The maximum atomic E-state index is 7.92. The topological polar surface area (TPSA) is 97.9 Å². The van der Waals surface area contributed by atoms with E-state index in [4.69, 9.17) is 11.1 Å². The lowest BCUT2D eigenvalue weighted by atomic mass is 10.2. The van der Waals surface area contributed by atoms with Crippen LogP contribution in [-0.2, 0) is 13.0 Å². The number of nitrogens with one attached hydrogen (secondary N) is 2. The molecule has 0 aliphatic heterocycles. The molecule has 1 aromatic carbocycles. The predicted octanol–water partition coefficient (Wildman–Crippen LogP) is 2.64. The zero-order chi connectivity index (χ0) is 19.6. The minimum atomic E-state index is 0.0997. The molecule has 0 fully saturated rings.